The minimum Gasteiger partial charge on any atom is -0.494 e. The lowest BCUT2D eigenvalue weighted by Crippen LogP contribution is -2.53. The van der Waals surface area contributed by atoms with Gasteiger partial charge in [0.05, 0.1) is 57.2 Å². The Balaban J connectivity index is 1.09. The van der Waals surface area contributed by atoms with Crippen LogP contribution in [-0.2, 0) is 41.7 Å². The third kappa shape index (κ3) is 11.7. The van der Waals surface area contributed by atoms with Gasteiger partial charge < -0.3 is 38.4 Å². The smallest absolute Gasteiger partial charge is 0.494 e. The van der Waals surface area contributed by atoms with Crippen LogP contribution in [0.2, 0.25) is 0 Å². The summed E-state index contributed by atoms with van der Waals surface area (Å²) in [4.78, 5) is 21.3. The van der Waals surface area contributed by atoms with Crippen molar-refractivity contribution in [2.24, 2.45) is 0 Å². The quantitative estimate of drug-likeness (QED) is 0.0972. The number of ether oxygens (including phenoxy) is 6. The summed E-state index contributed by atoms with van der Waals surface area (Å²) in [6.07, 6.45) is 4.99. The average Bonchev–Trinajstić information content (AvgIpc) is 3.17. The van der Waals surface area contributed by atoms with Crippen LogP contribution in [0.15, 0.2) is 91.1 Å². The van der Waals surface area contributed by atoms with E-state index in [4.69, 9.17) is 33.3 Å². The molecule has 1 aromatic heterocycles. The average molecular weight is 715 g/mol. The number of hydroxylamine groups is 2. The molecule has 52 heavy (non-hydrogen) atoms. The van der Waals surface area contributed by atoms with Crippen molar-refractivity contribution in [1.82, 2.24) is 10.0 Å². The predicted octanol–water partition coefficient (Wildman–Crippen LogP) is 7.52. The molecule has 0 radical (unpaired) electrons. The second kappa shape index (κ2) is 20.2. The molecule has 2 saturated heterocycles. The van der Waals surface area contributed by atoms with Gasteiger partial charge in [-0.25, -0.2) is 4.79 Å². The Bertz CT molecular complexity index is 1630. The van der Waals surface area contributed by atoms with Gasteiger partial charge in [-0.05, 0) is 73.1 Å². The van der Waals surface area contributed by atoms with Crippen LogP contribution < -0.4 is 4.74 Å². The zero-order valence-electron chi connectivity index (χ0n) is 29.7. The first kappa shape index (κ1) is 37.7. The van der Waals surface area contributed by atoms with Gasteiger partial charge in [-0.2, -0.15) is 0 Å². The van der Waals surface area contributed by atoms with Crippen LogP contribution in [0.4, 0.5) is 4.79 Å². The Morgan fingerprint density at radius 1 is 0.788 bits per heavy atom. The summed E-state index contributed by atoms with van der Waals surface area (Å²) in [7, 11) is 0. The summed E-state index contributed by atoms with van der Waals surface area (Å²) in [5, 5.41) is 12.0. The van der Waals surface area contributed by atoms with Gasteiger partial charge in [-0.1, -0.05) is 60.7 Å². The number of aromatic nitrogens is 1. The summed E-state index contributed by atoms with van der Waals surface area (Å²) in [6, 6.07) is 28.2. The van der Waals surface area contributed by atoms with Crippen LogP contribution in [0.1, 0.15) is 61.1 Å². The SMILES string of the molecule is O=C(O)ON1CC(OCCCCOC2CCCCO2)C(c2ccc(OCCCOCc3ccccc3)cc2)C(OCc2ccc3cccnc3c2)C1. The van der Waals surface area contributed by atoms with Crippen molar-refractivity contribution in [3.05, 3.63) is 108 Å². The first-order valence-electron chi connectivity index (χ1n) is 18.4. The van der Waals surface area contributed by atoms with Crippen molar-refractivity contribution in [2.45, 2.75) is 76.2 Å². The number of benzene rings is 3. The predicted molar refractivity (Wildman–Crippen MR) is 195 cm³/mol. The molecule has 2 fully saturated rings. The van der Waals surface area contributed by atoms with Crippen LogP contribution in [0.3, 0.4) is 0 Å². The normalized spacial score (nSPS) is 20.8. The zero-order valence-corrected chi connectivity index (χ0v) is 29.7. The summed E-state index contributed by atoms with van der Waals surface area (Å²) < 4.78 is 36.5. The number of carboxylic acid groups (broad SMARTS) is 1. The Kier molecular flexibility index (Phi) is 14.6. The van der Waals surface area contributed by atoms with Crippen LogP contribution in [0, 0.1) is 0 Å². The molecule has 0 bridgehead atoms. The molecule has 11 nitrogen and oxygen atoms in total. The number of hydrogen-bond acceptors (Lipinski definition) is 10. The van der Waals surface area contributed by atoms with E-state index in [1.807, 2.05) is 72.8 Å². The molecule has 4 unspecified atom stereocenters. The highest BCUT2D eigenvalue weighted by atomic mass is 16.8. The van der Waals surface area contributed by atoms with Crippen LogP contribution >= 0.6 is 0 Å². The summed E-state index contributed by atoms with van der Waals surface area (Å²) in [6.45, 7) is 4.39. The maximum Gasteiger partial charge on any atom is 0.525 e. The lowest BCUT2D eigenvalue weighted by molar-refractivity contribution is -0.200. The van der Waals surface area contributed by atoms with Gasteiger partial charge in [0.1, 0.15) is 5.75 Å². The zero-order chi connectivity index (χ0) is 35.8. The van der Waals surface area contributed by atoms with Gasteiger partial charge >= 0.3 is 6.16 Å². The number of fused-ring (bicyclic) bond motifs is 1. The monoisotopic (exact) mass is 714 g/mol. The molecular formula is C41H50N2O9. The van der Waals surface area contributed by atoms with Gasteiger partial charge in [-0.15, -0.1) is 5.06 Å². The fraction of sp³-hybridized carbons (Fsp3) is 0.463. The lowest BCUT2D eigenvalue weighted by Gasteiger charge is -2.42. The number of hydrogen-bond donors (Lipinski definition) is 1. The second-order valence-corrected chi connectivity index (χ2v) is 13.2. The largest absolute Gasteiger partial charge is 0.525 e. The number of nitrogens with zero attached hydrogens (tertiary/aromatic N) is 2. The van der Waals surface area contributed by atoms with Gasteiger partial charge in [0.25, 0.3) is 0 Å². The second-order valence-electron chi connectivity index (χ2n) is 13.2. The molecule has 2 aliphatic heterocycles. The van der Waals surface area contributed by atoms with Crippen LogP contribution in [-0.4, -0.2) is 85.9 Å². The Labute approximate surface area is 305 Å². The molecule has 6 rings (SSSR count). The molecular weight excluding hydrogens is 664 g/mol. The Morgan fingerprint density at radius 2 is 1.60 bits per heavy atom. The number of piperidine rings is 1. The van der Waals surface area contributed by atoms with E-state index in [1.54, 1.807) is 6.20 Å². The fourth-order valence-corrected chi connectivity index (χ4v) is 6.67. The molecule has 3 aromatic carbocycles. The third-order valence-corrected chi connectivity index (χ3v) is 9.30. The molecule has 4 aromatic rings. The standard InChI is InChI=1S/C41H50N2O9/c44-41(45)52-43-27-37(48-22-6-7-24-50-39-13-4-5-23-49-39)40(38(28-43)51-30-32-14-15-33-12-8-20-42-36(33)26-32)34-16-18-35(19-17-34)47-25-9-21-46-29-31-10-2-1-3-11-31/h1-3,8,10-12,14-20,26,37-40H,4-7,9,13,21-25,27-30H2,(H,44,45). The summed E-state index contributed by atoms with van der Waals surface area (Å²) >= 11 is 0. The molecule has 3 heterocycles. The topological polar surface area (TPSA) is 118 Å². The summed E-state index contributed by atoms with van der Waals surface area (Å²) in [5.74, 6) is 0.568. The van der Waals surface area contributed by atoms with Crippen LogP contribution in [0.5, 0.6) is 5.75 Å². The molecule has 0 amide bonds. The number of unbranched alkanes of at least 4 members (excludes halogenated alkanes) is 1. The summed E-state index contributed by atoms with van der Waals surface area (Å²) in [5.41, 5.74) is 4.02. The van der Waals surface area contributed by atoms with E-state index in [0.717, 1.165) is 78.5 Å². The minimum atomic E-state index is -1.37. The molecule has 2 aliphatic rings. The Morgan fingerprint density at radius 3 is 2.38 bits per heavy atom. The molecule has 1 N–H and O–H groups in total. The minimum absolute atomic E-state index is 0.115. The number of carbonyl (C=O) groups is 1. The van der Waals surface area contributed by atoms with Gasteiger partial charge in [0.15, 0.2) is 6.29 Å². The molecule has 0 aliphatic carbocycles. The van der Waals surface area contributed by atoms with Gasteiger partial charge in [0.2, 0.25) is 0 Å². The first-order valence-corrected chi connectivity index (χ1v) is 18.4. The Hall–Kier alpha value is -4.10. The van der Waals surface area contributed by atoms with E-state index in [1.165, 1.54) is 5.06 Å². The maximum atomic E-state index is 11.6. The van der Waals surface area contributed by atoms with Gasteiger partial charge in [-0.3, -0.25) is 4.98 Å². The third-order valence-electron chi connectivity index (χ3n) is 9.30. The van der Waals surface area contributed by atoms with Crippen molar-refractivity contribution in [1.29, 1.82) is 0 Å². The van der Waals surface area contributed by atoms with Crippen LogP contribution in [0.25, 0.3) is 10.9 Å². The number of rotatable bonds is 19. The highest BCUT2D eigenvalue weighted by molar-refractivity contribution is 5.78. The van der Waals surface area contributed by atoms with E-state index in [2.05, 4.69) is 17.1 Å². The first-order chi connectivity index (χ1) is 25.6. The van der Waals surface area contributed by atoms with E-state index in [0.29, 0.717) is 39.6 Å². The highest BCUT2D eigenvalue weighted by Crippen LogP contribution is 2.35. The fourth-order valence-electron chi connectivity index (χ4n) is 6.67. The van der Waals surface area contributed by atoms with Crippen molar-refractivity contribution >= 4 is 17.1 Å². The molecule has 4 atom stereocenters. The number of pyridine rings is 1. The molecule has 278 valence electrons. The van der Waals surface area contributed by atoms with Crippen molar-refractivity contribution in [3.8, 4) is 5.75 Å². The van der Waals surface area contributed by atoms with Crippen molar-refractivity contribution in [3.63, 3.8) is 0 Å². The van der Waals surface area contributed by atoms with Gasteiger partial charge in [0, 0.05) is 43.7 Å². The van der Waals surface area contributed by atoms with E-state index in [9.17, 15) is 9.90 Å². The van der Waals surface area contributed by atoms with E-state index in [-0.39, 0.29) is 25.3 Å². The maximum absolute atomic E-state index is 11.6. The lowest BCUT2D eigenvalue weighted by atomic mass is 9.85. The molecule has 0 spiro atoms. The molecule has 0 saturated carbocycles. The van der Waals surface area contributed by atoms with Crippen molar-refractivity contribution in [2.75, 3.05) is 46.1 Å². The van der Waals surface area contributed by atoms with E-state index >= 15 is 0 Å². The highest BCUT2D eigenvalue weighted by Gasteiger charge is 2.41. The van der Waals surface area contributed by atoms with E-state index < -0.39 is 18.4 Å². The molecule has 11 heteroatoms. The van der Waals surface area contributed by atoms with Crippen molar-refractivity contribution < 1.29 is 43.2 Å².